The molecular weight excluding hydrogens is 367 g/mol. The molecule has 0 aliphatic heterocycles. The number of sulfonamides is 1. The maximum Gasteiger partial charge on any atom is 0.276 e. The molecule has 0 aliphatic carbocycles. The van der Waals surface area contributed by atoms with E-state index < -0.39 is 10.0 Å². The molecule has 0 aromatic heterocycles. The molecule has 0 radical (unpaired) electrons. The van der Waals surface area contributed by atoms with Gasteiger partial charge in [-0.1, -0.05) is 62.2 Å². The summed E-state index contributed by atoms with van der Waals surface area (Å²) in [5.41, 5.74) is 1.45. The summed E-state index contributed by atoms with van der Waals surface area (Å²) >= 11 is 12.0. The number of nitrogens with zero attached hydrogens (tertiary/aromatic N) is 1. The van der Waals surface area contributed by atoms with E-state index in [0.29, 0.717) is 15.6 Å². The average molecular weight is 385 g/mol. The summed E-state index contributed by atoms with van der Waals surface area (Å²) in [4.78, 5) is 2.30. The van der Waals surface area contributed by atoms with Crippen molar-refractivity contribution in [2.75, 3.05) is 0 Å². The first-order chi connectivity index (χ1) is 11.1. The minimum absolute atomic E-state index is 0.0469. The second-order valence-corrected chi connectivity index (χ2v) is 8.74. The van der Waals surface area contributed by atoms with E-state index in [-0.39, 0.29) is 10.3 Å². The SMILES string of the molecule is CC(C)(C)c1ccc(S(=O)(=O)N/N=C/c2c(Cl)cccc2Cl)cc1. The van der Waals surface area contributed by atoms with Crippen molar-refractivity contribution in [1.29, 1.82) is 0 Å². The molecule has 0 aliphatic rings. The van der Waals surface area contributed by atoms with E-state index in [4.69, 9.17) is 23.2 Å². The fourth-order valence-corrected chi connectivity index (χ4v) is 3.27. The second-order valence-electron chi connectivity index (χ2n) is 6.26. The third kappa shape index (κ3) is 4.50. The third-order valence-corrected chi connectivity index (χ3v) is 5.29. The van der Waals surface area contributed by atoms with Crippen LogP contribution in [0.3, 0.4) is 0 Å². The standard InChI is InChI=1S/C17H18Cl2N2O2S/c1-17(2,3)12-7-9-13(10-8-12)24(22,23)21-20-11-14-15(18)5-4-6-16(14)19/h4-11,21H,1-3H3/b20-11+. The molecule has 4 nitrogen and oxygen atoms in total. The monoisotopic (exact) mass is 384 g/mol. The first-order valence-corrected chi connectivity index (χ1v) is 9.44. The molecule has 1 N–H and O–H groups in total. The van der Waals surface area contributed by atoms with Crippen LogP contribution < -0.4 is 4.83 Å². The molecule has 0 saturated heterocycles. The van der Waals surface area contributed by atoms with Gasteiger partial charge in [0.25, 0.3) is 10.0 Å². The quantitative estimate of drug-likeness (QED) is 0.618. The smallest absolute Gasteiger partial charge is 0.200 e. The van der Waals surface area contributed by atoms with E-state index in [1.165, 1.54) is 6.21 Å². The molecule has 0 fully saturated rings. The highest BCUT2D eigenvalue weighted by molar-refractivity contribution is 7.89. The van der Waals surface area contributed by atoms with Crippen molar-refractivity contribution >= 4 is 39.4 Å². The van der Waals surface area contributed by atoms with Gasteiger partial charge >= 0.3 is 0 Å². The number of hydrogen-bond donors (Lipinski definition) is 1. The summed E-state index contributed by atoms with van der Waals surface area (Å²) in [5, 5.41) is 4.53. The molecule has 2 aromatic carbocycles. The van der Waals surface area contributed by atoms with Gasteiger partial charge in [0.15, 0.2) is 0 Å². The van der Waals surface area contributed by atoms with Crippen molar-refractivity contribution in [3.05, 3.63) is 63.6 Å². The lowest BCUT2D eigenvalue weighted by Gasteiger charge is -2.19. The van der Waals surface area contributed by atoms with E-state index >= 15 is 0 Å². The molecule has 0 amide bonds. The molecule has 0 unspecified atom stereocenters. The highest BCUT2D eigenvalue weighted by Crippen LogP contribution is 2.24. The van der Waals surface area contributed by atoms with Gasteiger partial charge in [-0.2, -0.15) is 13.5 Å². The fourth-order valence-electron chi connectivity index (χ4n) is 1.98. The Morgan fingerprint density at radius 2 is 1.54 bits per heavy atom. The molecule has 0 heterocycles. The minimum atomic E-state index is -3.75. The molecule has 0 bridgehead atoms. The predicted molar refractivity (Wildman–Crippen MR) is 99.5 cm³/mol. The molecule has 7 heteroatoms. The van der Waals surface area contributed by atoms with Crippen LogP contribution in [0.1, 0.15) is 31.9 Å². The number of halogens is 2. The first-order valence-electron chi connectivity index (χ1n) is 7.21. The van der Waals surface area contributed by atoms with Crippen LogP contribution in [0, 0.1) is 0 Å². The Bertz CT molecular complexity index is 835. The van der Waals surface area contributed by atoms with Gasteiger partial charge in [-0.15, -0.1) is 0 Å². The van der Waals surface area contributed by atoms with Crippen LogP contribution in [-0.4, -0.2) is 14.6 Å². The molecule has 24 heavy (non-hydrogen) atoms. The lowest BCUT2D eigenvalue weighted by atomic mass is 9.87. The predicted octanol–water partition coefficient (Wildman–Crippen LogP) is 4.60. The van der Waals surface area contributed by atoms with Crippen molar-refractivity contribution in [3.63, 3.8) is 0 Å². The summed E-state index contributed by atoms with van der Waals surface area (Å²) in [6, 6.07) is 11.7. The van der Waals surface area contributed by atoms with Gasteiger partial charge < -0.3 is 0 Å². The van der Waals surface area contributed by atoms with Crippen LogP contribution in [0.25, 0.3) is 0 Å². The number of benzene rings is 2. The Kier molecular flexibility index (Phi) is 5.58. The van der Waals surface area contributed by atoms with E-state index in [9.17, 15) is 8.42 Å². The average Bonchev–Trinajstić information content (AvgIpc) is 2.49. The number of rotatable bonds is 4. The summed E-state index contributed by atoms with van der Waals surface area (Å²) in [5.74, 6) is 0. The lowest BCUT2D eigenvalue weighted by molar-refractivity contribution is 0.580. The Morgan fingerprint density at radius 3 is 2.04 bits per heavy atom. The van der Waals surface area contributed by atoms with Crippen LogP contribution in [0.5, 0.6) is 0 Å². The normalized spacial score (nSPS) is 12.5. The van der Waals surface area contributed by atoms with Crippen molar-refractivity contribution in [3.8, 4) is 0 Å². The first kappa shape index (κ1) is 18.8. The molecule has 2 rings (SSSR count). The van der Waals surface area contributed by atoms with E-state index in [2.05, 4.69) is 30.7 Å². The number of hydrazone groups is 1. The van der Waals surface area contributed by atoms with Crippen molar-refractivity contribution in [2.45, 2.75) is 31.1 Å². The van der Waals surface area contributed by atoms with Gasteiger partial charge in [-0.25, -0.2) is 4.83 Å². The highest BCUT2D eigenvalue weighted by atomic mass is 35.5. The van der Waals surface area contributed by atoms with Crippen LogP contribution in [0.2, 0.25) is 10.0 Å². The zero-order valence-corrected chi connectivity index (χ0v) is 15.9. The van der Waals surface area contributed by atoms with Gasteiger partial charge in [0.1, 0.15) is 0 Å². The van der Waals surface area contributed by atoms with Gasteiger partial charge in [0, 0.05) is 5.56 Å². The number of nitrogens with one attached hydrogen (secondary N) is 1. The van der Waals surface area contributed by atoms with Crippen LogP contribution >= 0.6 is 23.2 Å². The Morgan fingerprint density at radius 1 is 1.00 bits per heavy atom. The second kappa shape index (κ2) is 7.13. The third-order valence-electron chi connectivity index (χ3n) is 3.40. The van der Waals surface area contributed by atoms with Gasteiger partial charge in [-0.05, 0) is 35.2 Å². The van der Waals surface area contributed by atoms with E-state index in [1.807, 2.05) is 0 Å². The molecule has 128 valence electrons. The van der Waals surface area contributed by atoms with Gasteiger partial charge in [-0.3, -0.25) is 0 Å². The van der Waals surface area contributed by atoms with Crippen LogP contribution in [0.15, 0.2) is 52.5 Å². The molecule has 2 aromatic rings. The lowest BCUT2D eigenvalue weighted by Crippen LogP contribution is -2.19. The summed E-state index contributed by atoms with van der Waals surface area (Å²) < 4.78 is 24.5. The largest absolute Gasteiger partial charge is 0.276 e. The van der Waals surface area contributed by atoms with Crippen LogP contribution in [-0.2, 0) is 15.4 Å². The maximum atomic E-state index is 12.3. The zero-order chi connectivity index (χ0) is 18.0. The molecule has 0 saturated carbocycles. The summed E-state index contributed by atoms with van der Waals surface area (Å²) in [6.45, 7) is 6.19. The van der Waals surface area contributed by atoms with Crippen LogP contribution in [0.4, 0.5) is 0 Å². The van der Waals surface area contributed by atoms with E-state index in [1.54, 1.807) is 42.5 Å². The maximum absolute atomic E-state index is 12.3. The number of hydrogen-bond acceptors (Lipinski definition) is 3. The topological polar surface area (TPSA) is 58.5 Å². The highest BCUT2D eigenvalue weighted by Gasteiger charge is 2.17. The van der Waals surface area contributed by atoms with E-state index in [0.717, 1.165) is 5.56 Å². The Labute approximate surface area is 152 Å². The fraction of sp³-hybridized carbons (Fsp3) is 0.235. The zero-order valence-electron chi connectivity index (χ0n) is 13.5. The minimum Gasteiger partial charge on any atom is -0.200 e. The molecule has 0 atom stereocenters. The summed E-state index contributed by atoms with van der Waals surface area (Å²) in [6.07, 6.45) is 1.28. The van der Waals surface area contributed by atoms with Gasteiger partial charge in [0.05, 0.1) is 21.2 Å². The van der Waals surface area contributed by atoms with Crippen molar-refractivity contribution in [2.24, 2.45) is 5.10 Å². The van der Waals surface area contributed by atoms with Crippen molar-refractivity contribution < 1.29 is 8.42 Å². The molecule has 0 spiro atoms. The Balaban J connectivity index is 2.18. The molecular formula is C17H18Cl2N2O2S. The van der Waals surface area contributed by atoms with Crippen molar-refractivity contribution in [1.82, 2.24) is 4.83 Å². The van der Waals surface area contributed by atoms with Gasteiger partial charge in [0.2, 0.25) is 0 Å². The Hall–Kier alpha value is -1.56. The summed E-state index contributed by atoms with van der Waals surface area (Å²) in [7, 11) is -3.75.